The predicted octanol–water partition coefficient (Wildman–Crippen LogP) is 2.58. The molecule has 94 valence electrons. The fourth-order valence-electron chi connectivity index (χ4n) is 1.80. The van der Waals surface area contributed by atoms with E-state index in [-0.39, 0.29) is 5.54 Å². The molecule has 0 aromatic carbocycles. The van der Waals surface area contributed by atoms with E-state index in [1.807, 2.05) is 12.2 Å². The van der Waals surface area contributed by atoms with Crippen LogP contribution < -0.4 is 5.32 Å². The summed E-state index contributed by atoms with van der Waals surface area (Å²) in [4.78, 5) is 0. The molecule has 16 heavy (non-hydrogen) atoms. The Labute approximate surface area is 102 Å². The highest BCUT2D eigenvalue weighted by atomic mass is 15.3. The van der Waals surface area contributed by atoms with Gasteiger partial charge in [0.2, 0.25) is 0 Å². The summed E-state index contributed by atoms with van der Waals surface area (Å²) in [6, 6.07) is 0. The van der Waals surface area contributed by atoms with E-state index in [0.717, 1.165) is 24.1 Å². The van der Waals surface area contributed by atoms with Crippen LogP contribution in [0.4, 0.5) is 0 Å². The Balaban J connectivity index is 3.93. The number of quaternary nitrogens is 1. The summed E-state index contributed by atoms with van der Waals surface area (Å²) >= 11 is 0. The first-order valence-corrected chi connectivity index (χ1v) is 6.13. The van der Waals surface area contributed by atoms with Crippen LogP contribution in [0.3, 0.4) is 0 Å². The van der Waals surface area contributed by atoms with Crippen molar-refractivity contribution in [3.8, 4) is 0 Å². The molecule has 0 saturated heterocycles. The monoisotopic (exact) mass is 225 g/mol. The van der Waals surface area contributed by atoms with Gasteiger partial charge in [0.25, 0.3) is 0 Å². The van der Waals surface area contributed by atoms with Gasteiger partial charge in [-0.2, -0.15) is 0 Å². The van der Waals surface area contributed by atoms with Crippen LogP contribution >= 0.6 is 0 Å². The van der Waals surface area contributed by atoms with Gasteiger partial charge in [-0.3, -0.25) is 0 Å². The van der Waals surface area contributed by atoms with Gasteiger partial charge in [0.1, 0.15) is 0 Å². The molecule has 0 amide bonds. The number of rotatable bonds is 8. The van der Waals surface area contributed by atoms with Crippen LogP contribution in [0.15, 0.2) is 25.3 Å². The van der Waals surface area contributed by atoms with Gasteiger partial charge < -0.3 is 9.80 Å². The van der Waals surface area contributed by atoms with E-state index >= 15 is 0 Å². The molecule has 0 aliphatic heterocycles. The molecule has 0 radical (unpaired) electrons. The average Bonchev–Trinajstić information content (AvgIpc) is 2.12. The lowest BCUT2D eigenvalue weighted by molar-refractivity contribution is -0.898. The highest BCUT2D eigenvalue weighted by Gasteiger charge is 2.17. The van der Waals surface area contributed by atoms with E-state index in [1.165, 1.54) is 13.0 Å². The maximum absolute atomic E-state index is 3.83. The molecule has 0 atom stereocenters. The molecule has 0 aromatic heterocycles. The summed E-state index contributed by atoms with van der Waals surface area (Å²) in [6.07, 6.45) is 5.19. The van der Waals surface area contributed by atoms with E-state index in [9.17, 15) is 0 Å². The first-order chi connectivity index (χ1) is 7.33. The van der Waals surface area contributed by atoms with Crippen LogP contribution in [0.25, 0.3) is 0 Å². The Morgan fingerprint density at radius 3 is 2.00 bits per heavy atom. The van der Waals surface area contributed by atoms with Gasteiger partial charge in [0.05, 0.1) is 26.7 Å². The molecule has 0 heterocycles. The molecule has 0 saturated carbocycles. The van der Waals surface area contributed by atoms with E-state index in [0.29, 0.717) is 0 Å². The molecular formula is C14H29N2+. The molecule has 0 unspecified atom stereocenters. The van der Waals surface area contributed by atoms with Gasteiger partial charge in [-0.15, -0.1) is 0 Å². The van der Waals surface area contributed by atoms with Crippen LogP contribution in [-0.2, 0) is 0 Å². The Morgan fingerprint density at radius 1 is 1.12 bits per heavy atom. The van der Waals surface area contributed by atoms with Crippen LogP contribution in [0.5, 0.6) is 0 Å². The second-order valence-corrected chi connectivity index (χ2v) is 5.82. The molecule has 0 bridgehead atoms. The number of nitrogens with zero attached hydrogens (tertiary/aromatic N) is 1. The lowest BCUT2D eigenvalue weighted by Gasteiger charge is -2.33. The Morgan fingerprint density at radius 2 is 1.62 bits per heavy atom. The molecule has 0 spiro atoms. The number of likely N-dealkylation sites (N-methyl/N-ethyl adjacent to an activating group) is 1. The van der Waals surface area contributed by atoms with Crippen molar-refractivity contribution in [2.75, 3.05) is 33.2 Å². The summed E-state index contributed by atoms with van der Waals surface area (Å²) in [5.41, 5.74) is 0.222. The average molecular weight is 225 g/mol. The largest absolute Gasteiger partial charge is 0.320 e. The van der Waals surface area contributed by atoms with Crippen molar-refractivity contribution in [3.05, 3.63) is 25.3 Å². The Bertz CT molecular complexity index is 203. The van der Waals surface area contributed by atoms with Crippen molar-refractivity contribution in [1.82, 2.24) is 5.32 Å². The summed E-state index contributed by atoms with van der Waals surface area (Å²) in [5, 5.41) is 3.52. The van der Waals surface area contributed by atoms with Gasteiger partial charge in [-0.1, -0.05) is 13.2 Å². The van der Waals surface area contributed by atoms with Gasteiger partial charge >= 0.3 is 0 Å². The van der Waals surface area contributed by atoms with Crippen molar-refractivity contribution >= 4 is 0 Å². The molecule has 1 N–H and O–H groups in total. The van der Waals surface area contributed by atoms with Crippen molar-refractivity contribution in [3.63, 3.8) is 0 Å². The standard InChI is InChI=1S/C14H29N2/c1-7-11-16(6,12-8-2)13-9-10-15-14(3,4)5/h7-8,15H,1-2,9-13H2,3-6H3/q+1. The molecule has 0 aromatic rings. The minimum absolute atomic E-state index is 0.222. The normalized spacial score (nSPS) is 12.5. The summed E-state index contributed by atoms with van der Waals surface area (Å²) in [7, 11) is 2.26. The predicted molar refractivity (Wildman–Crippen MR) is 73.6 cm³/mol. The van der Waals surface area contributed by atoms with Gasteiger partial charge in [0, 0.05) is 18.5 Å². The molecular weight excluding hydrogens is 196 g/mol. The molecule has 0 fully saturated rings. The summed E-state index contributed by atoms with van der Waals surface area (Å²) in [5.74, 6) is 0. The lowest BCUT2D eigenvalue weighted by Crippen LogP contribution is -2.46. The molecule has 2 nitrogen and oxygen atoms in total. The minimum atomic E-state index is 0.222. The molecule has 0 aliphatic carbocycles. The number of nitrogens with one attached hydrogen (secondary N) is 1. The SMILES string of the molecule is C=CC[N+](C)(CC=C)CCCNC(C)(C)C. The van der Waals surface area contributed by atoms with Gasteiger partial charge in [-0.25, -0.2) is 0 Å². The van der Waals surface area contributed by atoms with Crippen molar-refractivity contribution < 1.29 is 4.48 Å². The third kappa shape index (κ3) is 7.66. The number of hydrogen-bond acceptors (Lipinski definition) is 1. The van der Waals surface area contributed by atoms with Gasteiger partial charge in [0.15, 0.2) is 0 Å². The summed E-state index contributed by atoms with van der Waals surface area (Å²) < 4.78 is 1.01. The third-order valence-electron chi connectivity index (χ3n) is 2.67. The highest BCUT2D eigenvalue weighted by molar-refractivity contribution is 4.72. The summed E-state index contributed by atoms with van der Waals surface area (Å²) in [6.45, 7) is 18.5. The van der Waals surface area contributed by atoms with E-state index in [4.69, 9.17) is 0 Å². The van der Waals surface area contributed by atoms with Crippen LogP contribution in [0.2, 0.25) is 0 Å². The van der Waals surface area contributed by atoms with Crippen LogP contribution in [-0.4, -0.2) is 43.2 Å². The highest BCUT2D eigenvalue weighted by Crippen LogP contribution is 2.05. The van der Waals surface area contributed by atoms with Crippen LogP contribution in [0, 0.1) is 0 Å². The van der Waals surface area contributed by atoms with Crippen molar-refractivity contribution in [1.29, 1.82) is 0 Å². The second kappa shape index (κ2) is 6.87. The molecule has 0 aliphatic rings. The molecule has 2 heteroatoms. The zero-order valence-electron chi connectivity index (χ0n) is 11.6. The fourth-order valence-corrected chi connectivity index (χ4v) is 1.80. The molecule has 0 rings (SSSR count). The minimum Gasteiger partial charge on any atom is -0.320 e. The van der Waals surface area contributed by atoms with E-state index < -0.39 is 0 Å². The van der Waals surface area contributed by atoms with Crippen molar-refractivity contribution in [2.24, 2.45) is 0 Å². The number of hydrogen-bond donors (Lipinski definition) is 1. The van der Waals surface area contributed by atoms with Crippen LogP contribution in [0.1, 0.15) is 27.2 Å². The maximum atomic E-state index is 3.83. The van der Waals surface area contributed by atoms with Gasteiger partial charge in [-0.05, 0) is 32.9 Å². The van der Waals surface area contributed by atoms with E-state index in [1.54, 1.807) is 0 Å². The fraction of sp³-hybridized carbons (Fsp3) is 0.714. The smallest absolute Gasteiger partial charge is 0.0971 e. The Hall–Kier alpha value is -0.600. The third-order valence-corrected chi connectivity index (χ3v) is 2.67. The quantitative estimate of drug-likeness (QED) is 0.380. The topological polar surface area (TPSA) is 12.0 Å². The Kier molecular flexibility index (Phi) is 6.61. The van der Waals surface area contributed by atoms with Crippen molar-refractivity contribution in [2.45, 2.75) is 32.7 Å². The maximum Gasteiger partial charge on any atom is 0.0971 e. The first-order valence-electron chi connectivity index (χ1n) is 6.13. The lowest BCUT2D eigenvalue weighted by atomic mass is 10.1. The first kappa shape index (κ1) is 15.4. The second-order valence-electron chi connectivity index (χ2n) is 5.82. The zero-order valence-corrected chi connectivity index (χ0v) is 11.6. The zero-order chi connectivity index (χ0) is 12.7. The van der Waals surface area contributed by atoms with E-state index in [2.05, 4.69) is 46.3 Å².